The van der Waals surface area contributed by atoms with Crippen LogP contribution in [0.25, 0.3) is 11.0 Å². The number of hydrogen-bond acceptors (Lipinski definition) is 2. The first-order valence-electron chi connectivity index (χ1n) is 5.44. The second-order valence-electron chi connectivity index (χ2n) is 4.14. The molecular formula is C12H13Cl2N3O. The van der Waals surface area contributed by atoms with Crippen molar-refractivity contribution in [2.24, 2.45) is 0 Å². The van der Waals surface area contributed by atoms with E-state index >= 15 is 0 Å². The molecule has 0 atom stereocenters. The van der Waals surface area contributed by atoms with Crippen molar-refractivity contribution in [3.63, 3.8) is 0 Å². The highest BCUT2D eigenvalue weighted by Gasteiger charge is 2.15. The van der Waals surface area contributed by atoms with Gasteiger partial charge >= 0.3 is 0 Å². The number of halogens is 2. The summed E-state index contributed by atoms with van der Waals surface area (Å²) in [6, 6.07) is 5.46. The number of rotatable bonds is 3. The Balaban J connectivity index is 2.56. The highest BCUT2D eigenvalue weighted by molar-refractivity contribution is 6.35. The molecule has 6 heteroatoms. The summed E-state index contributed by atoms with van der Waals surface area (Å²) in [7, 11) is 3.42. The number of likely N-dealkylation sites (N-methyl/N-ethyl adjacent to an activating group) is 1. The number of hydrogen-bond donors (Lipinski definition) is 0. The van der Waals surface area contributed by atoms with E-state index in [1.807, 2.05) is 12.1 Å². The molecular weight excluding hydrogens is 273 g/mol. The van der Waals surface area contributed by atoms with Crippen LogP contribution in [0.2, 0.25) is 5.02 Å². The number of fused-ring (bicyclic) bond motifs is 1. The van der Waals surface area contributed by atoms with E-state index < -0.39 is 0 Å². The molecule has 96 valence electrons. The van der Waals surface area contributed by atoms with Gasteiger partial charge in [-0.05, 0) is 12.1 Å². The molecule has 1 heterocycles. The van der Waals surface area contributed by atoms with Crippen molar-refractivity contribution in [1.82, 2.24) is 14.5 Å². The molecule has 0 aliphatic carbocycles. The van der Waals surface area contributed by atoms with E-state index in [-0.39, 0.29) is 18.3 Å². The van der Waals surface area contributed by atoms with Gasteiger partial charge in [-0.2, -0.15) is 0 Å². The van der Waals surface area contributed by atoms with Crippen LogP contribution in [0.1, 0.15) is 5.82 Å². The van der Waals surface area contributed by atoms with Crippen molar-refractivity contribution in [2.45, 2.75) is 12.4 Å². The van der Waals surface area contributed by atoms with Crippen LogP contribution in [-0.2, 0) is 17.2 Å². The van der Waals surface area contributed by atoms with Crippen molar-refractivity contribution in [1.29, 1.82) is 0 Å². The van der Waals surface area contributed by atoms with E-state index in [2.05, 4.69) is 4.98 Å². The van der Waals surface area contributed by atoms with Crippen LogP contribution in [0.15, 0.2) is 18.2 Å². The zero-order valence-electron chi connectivity index (χ0n) is 10.2. The molecule has 0 spiro atoms. The van der Waals surface area contributed by atoms with Gasteiger partial charge in [0.25, 0.3) is 0 Å². The molecule has 0 saturated heterocycles. The van der Waals surface area contributed by atoms with Crippen molar-refractivity contribution in [3.05, 3.63) is 29.0 Å². The number of carbonyl (C=O) groups is 1. The fourth-order valence-corrected chi connectivity index (χ4v) is 2.21. The quantitative estimate of drug-likeness (QED) is 0.813. The third-order valence-corrected chi connectivity index (χ3v) is 3.25. The van der Waals surface area contributed by atoms with Crippen molar-refractivity contribution in [2.75, 3.05) is 14.1 Å². The number of alkyl halides is 1. The Kier molecular flexibility index (Phi) is 3.78. The van der Waals surface area contributed by atoms with Crippen LogP contribution in [0.4, 0.5) is 0 Å². The number of amides is 1. The maximum absolute atomic E-state index is 11.8. The largest absolute Gasteiger partial charge is 0.347 e. The number of benzene rings is 1. The second-order valence-corrected chi connectivity index (χ2v) is 4.82. The SMILES string of the molecule is CN(C)C(=O)Cn1c(CCl)nc2cccc(Cl)c21. The molecule has 0 aliphatic heterocycles. The summed E-state index contributed by atoms with van der Waals surface area (Å²) in [4.78, 5) is 17.7. The van der Waals surface area contributed by atoms with Crippen LogP contribution < -0.4 is 0 Å². The molecule has 2 rings (SSSR count). The van der Waals surface area contributed by atoms with E-state index in [1.165, 1.54) is 4.90 Å². The van der Waals surface area contributed by atoms with E-state index in [9.17, 15) is 4.79 Å². The summed E-state index contributed by atoms with van der Waals surface area (Å²) in [5.41, 5.74) is 1.51. The van der Waals surface area contributed by atoms with Crippen molar-refractivity contribution < 1.29 is 4.79 Å². The van der Waals surface area contributed by atoms with Gasteiger partial charge in [-0.15, -0.1) is 11.6 Å². The fourth-order valence-electron chi connectivity index (χ4n) is 1.74. The normalized spacial score (nSPS) is 10.9. The molecule has 0 N–H and O–H groups in total. The summed E-state index contributed by atoms with van der Waals surface area (Å²) in [5, 5.41) is 0.572. The van der Waals surface area contributed by atoms with Gasteiger partial charge in [-0.3, -0.25) is 4.79 Å². The summed E-state index contributed by atoms with van der Waals surface area (Å²) in [5.74, 6) is 0.863. The number of aromatic nitrogens is 2. The van der Waals surface area contributed by atoms with Gasteiger partial charge in [-0.1, -0.05) is 17.7 Å². The molecule has 0 unspecified atom stereocenters. The highest BCUT2D eigenvalue weighted by atomic mass is 35.5. The lowest BCUT2D eigenvalue weighted by Gasteiger charge is -2.13. The first-order valence-corrected chi connectivity index (χ1v) is 6.35. The summed E-state index contributed by atoms with van der Waals surface area (Å²) < 4.78 is 1.77. The number of carbonyl (C=O) groups excluding carboxylic acids is 1. The minimum absolute atomic E-state index is 0.0272. The first-order chi connectivity index (χ1) is 8.54. The van der Waals surface area contributed by atoms with Gasteiger partial charge in [0, 0.05) is 14.1 Å². The zero-order valence-corrected chi connectivity index (χ0v) is 11.7. The standard InChI is InChI=1S/C12H13Cl2N3O/c1-16(2)11(18)7-17-10(6-13)15-9-5-3-4-8(14)12(9)17/h3-5H,6-7H2,1-2H3. The van der Waals surface area contributed by atoms with Gasteiger partial charge in [0.2, 0.25) is 5.91 Å². The minimum atomic E-state index is -0.0272. The van der Waals surface area contributed by atoms with Crippen LogP contribution in [0.5, 0.6) is 0 Å². The van der Waals surface area contributed by atoms with Crippen LogP contribution in [-0.4, -0.2) is 34.5 Å². The molecule has 1 aromatic heterocycles. The predicted molar refractivity (Wildman–Crippen MR) is 73.0 cm³/mol. The molecule has 0 fully saturated rings. The smallest absolute Gasteiger partial charge is 0.242 e. The Labute approximate surface area is 115 Å². The predicted octanol–water partition coefficient (Wildman–Crippen LogP) is 2.52. The van der Waals surface area contributed by atoms with Gasteiger partial charge in [0.05, 0.1) is 21.9 Å². The first kappa shape index (κ1) is 13.2. The van der Waals surface area contributed by atoms with E-state index in [4.69, 9.17) is 23.2 Å². The molecule has 4 nitrogen and oxygen atoms in total. The Morgan fingerprint density at radius 1 is 1.44 bits per heavy atom. The molecule has 0 saturated carbocycles. The maximum atomic E-state index is 11.8. The molecule has 0 bridgehead atoms. The Hall–Kier alpha value is -1.26. The summed E-state index contributed by atoms with van der Waals surface area (Å²) >= 11 is 12.0. The highest BCUT2D eigenvalue weighted by Crippen LogP contribution is 2.25. The van der Waals surface area contributed by atoms with Gasteiger partial charge in [0.1, 0.15) is 12.4 Å². The number of para-hydroxylation sites is 1. The lowest BCUT2D eigenvalue weighted by Crippen LogP contribution is -2.26. The summed E-state index contributed by atoms with van der Waals surface area (Å²) in [6.45, 7) is 0.190. The minimum Gasteiger partial charge on any atom is -0.347 e. The van der Waals surface area contributed by atoms with Crippen LogP contribution >= 0.6 is 23.2 Å². The van der Waals surface area contributed by atoms with Crippen molar-refractivity contribution in [3.8, 4) is 0 Å². The second kappa shape index (κ2) is 5.16. The lowest BCUT2D eigenvalue weighted by atomic mass is 10.3. The average Bonchev–Trinajstić information content (AvgIpc) is 2.68. The van der Waals surface area contributed by atoms with Gasteiger partial charge in [-0.25, -0.2) is 4.98 Å². The Bertz CT molecular complexity index is 592. The number of imidazole rings is 1. The molecule has 1 aromatic carbocycles. The van der Waals surface area contributed by atoms with E-state index in [0.29, 0.717) is 10.8 Å². The Morgan fingerprint density at radius 3 is 2.78 bits per heavy atom. The number of nitrogens with zero attached hydrogens (tertiary/aromatic N) is 3. The van der Waals surface area contributed by atoms with E-state index in [0.717, 1.165) is 11.0 Å². The molecule has 2 aromatic rings. The van der Waals surface area contributed by atoms with E-state index in [1.54, 1.807) is 24.7 Å². The Morgan fingerprint density at radius 2 is 2.17 bits per heavy atom. The monoisotopic (exact) mass is 285 g/mol. The summed E-state index contributed by atoms with van der Waals surface area (Å²) in [6.07, 6.45) is 0. The maximum Gasteiger partial charge on any atom is 0.242 e. The van der Waals surface area contributed by atoms with Gasteiger partial charge < -0.3 is 9.47 Å². The zero-order chi connectivity index (χ0) is 13.3. The fraction of sp³-hybridized carbons (Fsp3) is 0.333. The van der Waals surface area contributed by atoms with Crippen LogP contribution in [0.3, 0.4) is 0 Å². The molecule has 0 radical (unpaired) electrons. The lowest BCUT2D eigenvalue weighted by molar-refractivity contribution is -0.129. The molecule has 0 aliphatic rings. The van der Waals surface area contributed by atoms with Crippen molar-refractivity contribution >= 4 is 40.1 Å². The molecule has 1 amide bonds. The molecule has 18 heavy (non-hydrogen) atoms. The topological polar surface area (TPSA) is 38.1 Å². The third-order valence-electron chi connectivity index (χ3n) is 2.71. The van der Waals surface area contributed by atoms with Crippen LogP contribution in [0, 0.1) is 0 Å². The average molecular weight is 286 g/mol. The van der Waals surface area contributed by atoms with Gasteiger partial charge in [0.15, 0.2) is 0 Å². The third kappa shape index (κ3) is 2.31.